The second-order valence-corrected chi connectivity index (χ2v) is 10.7. The van der Waals surface area contributed by atoms with Gasteiger partial charge in [-0.25, -0.2) is 9.97 Å². The number of aromatic nitrogens is 2. The minimum absolute atomic E-state index is 0.0306. The quantitative estimate of drug-likeness (QED) is 0.345. The van der Waals surface area contributed by atoms with Crippen molar-refractivity contribution in [3.63, 3.8) is 0 Å². The van der Waals surface area contributed by atoms with Gasteiger partial charge >= 0.3 is 0 Å². The zero-order valence-electron chi connectivity index (χ0n) is 21.8. The van der Waals surface area contributed by atoms with Crippen molar-refractivity contribution in [1.82, 2.24) is 20.2 Å². The Morgan fingerprint density at radius 3 is 2.68 bits per heavy atom. The number of carbonyl (C=O) groups excluding carboxylic acids is 2. The molecule has 2 amide bonds. The number of fused-ring (bicyclic) bond motifs is 1. The predicted molar refractivity (Wildman–Crippen MR) is 150 cm³/mol. The SMILES string of the molecule is C=CC(=O)NC1CCCCC1.CN(C=O)Cc1cc2nc(-c3cccc(O)c3)nc(N3CCOCC3)c2s1. The Labute approximate surface area is 227 Å². The molecule has 9 nitrogen and oxygen atoms in total. The second-order valence-electron chi connectivity index (χ2n) is 9.52. The molecule has 202 valence electrons. The fourth-order valence-electron chi connectivity index (χ4n) is 4.60. The van der Waals surface area contributed by atoms with E-state index in [1.807, 2.05) is 12.1 Å². The number of rotatable bonds is 7. The van der Waals surface area contributed by atoms with Gasteiger partial charge in [0.2, 0.25) is 12.3 Å². The summed E-state index contributed by atoms with van der Waals surface area (Å²) >= 11 is 1.61. The van der Waals surface area contributed by atoms with Gasteiger partial charge in [-0.2, -0.15) is 0 Å². The van der Waals surface area contributed by atoms with Crippen molar-refractivity contribution >= 4 is 39.7 Å². The average Bonchev–Trinajstić information content (AvgIpc) is 3.36. The molecule has 2 N–H and O–H groups in total. The van der Waals surface area contributed by atoms with E-state index in [2.05, 4.69) is 16.8 Å². The van der Waals surface area contributed by atoms with Gasteiger partial charge in [-0.05, 0) is 37.1 Å². The molecule has 0 unspecified atom stereocenters. The normalized spacial score (nSPS) is 15.9. The first-order valence-electron chi connectivity index (χ1n) is 13.0. The third-order valence-electron chi connectivity index (χ3n) is 6.54. The second kappa shape index (κ2) is 13.3. The van der Waals surface area contributed by atoms with Crippen LogP contribution < -0.4 is 10.2 Å². The number of aromatic hydroxyl groups is 1. The Kier molecular flexibility index (Phi) is 9.67. The molecule has 2 aromatic heterocycles. The summed E-state index contributed by atoms with van der Waals surface area (Å²) in [4.78, 5) is 36.2. The molecule has 0 spiro atoms. The van der Waals surface area contributed by atoms with Gasteiger partial charge in [0.15, 0.2) is 11.6 Å². The average molecular weight is 538 g/mol. The van der Waals surface area contributed by atoms with E-state index in [1.54, 1.807) is 41.5 Å². The third-order valence-corrected chi connectivity index (χ3v) is 7.65. The Morgan fingerprint density at radius 1 is 1.24 bits per heavy atom. The molecular formula is C28H35N5O4S. The highest BCUT2D eigenvalue weighted by molar-refractivity contribution is 7.19. The number of anilines is 1. The van der Waals surface area contributed by atoms with E-state index in [-0.39, 0.29) is 11.7 Å². The highest BCUT2D eigenvalue weighted by atomic mass is 32.1. The number of nitrogens with zero attached hydrogens (tertiary/aromatic N) is 4. The van der Waals surface area contributed by atoms with Crippen LogP contribution in [0.5, 0.6) is 5.75 Å². The van der Waals surface area contributed by atoms with Crippen molar-refractivity contribution in [1.29, 1.82) is 0 Å². The van der Waals surface area contributed by atoms with Gasteiger partial charge in [0.05, 0.1) is 30.0 Å². The number of phenolic OH excluding ortho intramolecular Hbond substituents is 1. The van der Waals surface area contributed by atoms with Gasteiger partial charge in [-0.15, -0.1) is 11.3 Å². The number of ether oxygens (including phenoxy) is 1. The number of amides is 2. The number of hydrogen-bond donors (Lipinski definition) is 2. The van der Waals surface area contributed by atoms with Gasteiger partial charge in [-0.3, -0.25) is 9.59 Å². The number of hydrogen-bond acceptors (Lipinski definition) is 8. The summed E-state index contributed by atoms with van der Waals surface area (Å²) in [7, 11) is 1.75. The maximum atomic E-state index is 11.0. The van der Waals surface area contributed by atoms with Crippen molar-refractivity contribution in [3.8, 4) is 17.1 Å². The molecule has 1 aliphatic carbocycles. The van der Waals surface area contributed by atoms with Crippen LogP contribution in [0, 0.1) is 0 Å². The number of nitrogens with one attached hydrogen (secondary N) is 1. The minimum atomic E-state index is -0.0306. The zero-order valence-corrected chi connectivity index (χ0v) is 22.6. The predicted octanol–water partition coefficient (Wildman–Crippen LogP) is 4.11. The molecule has 2 fully saturated rings. The van der Waals surface area contributed by atoms with Crippen molar-refractivity contribution in [2.75, 3.05) is 38.3 Å². The molecule has 1 aliphatic heterocycles. The third kappa shape index (κ3) is 7.29. The molecule has 10 heteroatoms. The van der Waals surface area contributed by atoms with Gasteiger partial charge in [0, 0.05) is 36.6 Å². The molecule has 1 aromatic carbocycles. The van der Waals surface area contributed by atoms with Crippen LogP contribution in [-0.4, -0.2) is 71.7 Å². The summed E-state index contributed by atoms with van der Waals surface area (Å²) in [5.74, 6) is 1.61. The summed E-state index contributed by atoms with van der Waals surface area (Å²) in [6.45, 7) is 6.82. The standard InChI is InChI=1S/C19H20N4O3S.C9H15NO/c1-22(12-24)11-15-10-16-17(27-15)19(23-5-7-26-8-6-23)21-18(20-16)13-3-2-4-14(25)9-13;1-2-9(11)10-8-6-4-3-5-7-8/h2-4,9-10,12,25H,5-8,11H2,1H3;2,8H,1,3-7H2,(H,10,11). The fourth-order valence-corrected chi connectivity index (χ4v) is 5.77. The van der Waals surface area contributed by atoms with Gasteiger partial charge in [0.1, 0.15) is 5.75 Å². The number of benzene rings is 1. The molecule has 0 bridgehead atoms. The molecule has 1 saturated heterocycles. The van der Waals surface area contributed by atoms with E-state index < -0.39 is 0 Å². The first-order chi connectivity index (χ1) is 18.5. The maximum absolute atomic E-state index is 11.0. The number of thiophene rings is 1. The van der Waals surface area contributed by atoms with Gasteiger partial charge < -0.3 is 25.0 Å². The van der Waals surface area contributed by atoms with E-state index in [4.69, 9.17) is 14.7 Å². The minimum Gasteiger partial charge on any atom is -0.508 e. The van der Waals surface area contributed by atoms with Crippen LogP contribution in [0.25, 0.3) is 21.6 Å². The molecule has 0 radical (unpaired) electrons. The van der Waals surface area contributed by atoms with Crippen molar-refractivity contribution in [3.05, 3.63) is 47.9 Å². The topological polar surface area (TPSA) is 108 Å². The molecule has 1 saturated carbocycles. The van der Waals surface area contributed by atoms with Crippen molar-refractivity contribution < 1.29 is 19.4 Å². The molecule has 3 aromatic rings. The van der Waals surface area contributed by atoms with Crippen LogP contribution in [0.15, 0.2) is 43.0 Å². The summed E-state index contributed by atoms with van der Waals surface area (Å²) in [6, 6.07) is 9.38. The van der Waals surface area contributed by atoms with Gasteiger partial charge in [0.25, 0.3) is 0 Å². The summed E-state index contributed by atoms with van der Waals surface area (Å²) < 4.78 is 6.49. The number of phenols is 1. The lowest BCUT2D eigenvalue weighted by atomic mass is 9.95. The monoisotopic (exact) mass is 537 g/mol. The first-order valence-corrected chi connectivity index (χ1v) is 13.8. The van der Waals surface area contributed by atoms with E-state index in [0.717, 1.165) is 58.8 Å². The largest absolute Gasteiger partial charge is 0.508 e. The highest BCUT2D eigenvalue weighted by Gasteiger charge is 2.20. The van der Waals surface area contributed by atoms with Crippen LogP contribution in [0.4, 0.5) is 5.82 Å². The van der Waals surface area contributed by atoms with Crippen LogP contribution in [0.1, 0.15) is 37.0 Å². The maximum Gasteiger partial charge on any atom is 0.243 e. The smallest absolute Gasteiger partial charge is 0.243 e. The summed E-state index contributed by atoms with van der Waals surface area (Å²) in [5, 5.41) is 12.7. The summed E-state index contributed by atoms with van der Waals surface area (Å²) in [6.07, 6.45) is 8.26. The van der Waals surface area contributed by atoms with E-state index in [0.29, 0.717) is 31.6 Å². The fraction of sp³-hybridized carbons (Fsp3) is 0.429. The Bertz CT molecular complexity index is 1250. The van der Waals surface area contributed by atoms with E-state index in [9.17, 15) is 14.7 Å². The molecule has 0 atom stereocenters. The van der Waals surface area contributed by atoms with Crippen molar-refractivity contribution in [2.24, 2.45) is 0 Å². The lowest BCUT2D eigenvalue weighted by Crippen LogP contribution is -2.36. The van der Waals surface area contributed by atoms with Crippen molar-refractivity contribution in [2.45, 2.75) is 44.7 Å². The Morgan fingerprint density at radius 2 is 2.00 bits per heavy atom. The van der Waals surface area contributed by atoms with E-state index >= 15 is 0 Å². The molecule has 3 heterocycles. The molecule has 38 heavy (non-hydrogen) atoms. The Balaban J connectivity index is 0.000000257. The zero-order chi connectivity index (χ0) is 26.9. The van der Waals surface area contributed by atoms with Crippen LogP contribution in [-0.2, 0) is 20.9 Å². The lowest BCUT2D eigenvalue weighted by molar-refractivity contribution is -0.118. The first kappa shape index (κ1) is 27.5. The molecule has 2 aliphatic rings. The molecular weight excluding hydrogens is 502 g/mol. The molecule has 5 rings (SSSR count). The number of carbonyl (C=O) groups is 2. The summed E-state index contributed by atoms with van der Waals surface area (Å²) in [5.41, 5.74) is 1.62. The highest BCUT2D eigenvalue weighted by Crippen LogP contribution is 2.35. The van der Waals surface area contributed by atoms with E-state index in [1.165, 1.54) is 25.3 Å². The van der Waals surface area contributed by atoms with Crippen LogP contribution >= 0.6 is 11.3 Å². The van der Waals surface area contributed by atoms with Crippen LogP contribution in [0.2, 0.25) is 0 Å². The number of morpholine rings is 1. The lowest BCUT2D eigenvalue weighted by Gasteiger charge is -2.28. The van der Waals surface area contributed by atoms with Crippen LogP contribution in [0.3, 0.4) is 0 Å². The Hall–Kier alpha value is -3.50. The van der Waals surface area contributed by atoms with Gasteiger partial charge in [-0.1, -0.05) is 38.0 Å².